The first-order chi connectivity index (χ1) is 5.06. The average Bonchev–Trinajstić information content (AvgIpc) is 1.85. The van der Waals surface area contributed by atoms with Crippen LogP contribution in [0.4, 0.5) is 8.78 Å². The Hall–Kier alpha value is 0.0200. The van der Waals surface area contributed by atoms with Crippen molar-refractivity contribution in [3.8, 4) is 0 Å². The highest BCUT2D eigenvalue weighted by Gasteiger charge is 2.23. The smallest absolute Gasteiger partial charge is 0.407 e. The minimum absolute atomic E-state index is 0.107. The van der Waals surface area contributed by atoms with E-state index in [4.69, 9.17) is 0 Å². The molecule has 0 radical (unpaired) electrons. The van der Waals surface area contributed by atoms with E-state index in [1.165, 1.54) is 0 Å². The van der Waals surface area contributed by atoms with Gasteiger partial charge in [0.05, 0.1) is 13.2 Å². The summed E-state index contributed by atoms with van der Waals surface area (Å²) >= 11 is 0.872. The molecule has 0 saturated heterocycles. The van der Waals surface area contributed by atoms with E-state index < -0.39 is 4.12 Å². The van der Waals surface area contributed by atoms with Gasteiger partial charge >= 0.3 is 4.12 Å². The third kappa shape index (κ3) is 10.0. The molecule has 0 bridgehead atoms. The molecule has 0 fully saturated rings. The zero-order valence-electron chi connectivity index (χ0n) is 5.56. The minimum atomic E-state index is -3.13. The Kier molecular flexibility index (Phi) is 5.65. The molecule has 0 atom stereocenters. The molecule has 0 aliphatic heterocycles. The lowest BCUT2D eigenvalue weighted by Crippen LogP contribution is -2.12. The molecule has 0 N–H and O–H groups in total. The molecule has 6 heteroatoms. The fraction of sp³-hybridized carbons (Fsp3) is 0.800. The van der Waals surface area contributed by atoms with Crippen LogP contribution in [-0.4, -0.2) is 23.8 Å². The monoisotopic (exact) mass is 280 g/mol. The Labute approximate surface area is 76.2 Å². The summed E-state index contributed by atoms with van der Waals surface area (Å²) in [5.74, 6) is 0. The van der Waals surface area contributed by atoms with E-state index in [2.05, 4.69) is 9.47 Å². The first kappa shape index (κ1) is 11.0. The Bertz CT molecular complexity index is 115. The summed E-state index contributed by atoms with van der Waals surface area (Å²) in [6.45, 7) is 0.252. The highest BCUT2D eigenvalue weighted by Crippen LogP contribution is 2.23. The van der Waals surface area contributed by atoms with Crippen molar-refractivity contribution in [1.29, 1.82) is 0 Å². The Morgan fingerprint density at radius 1 is 1.45 bits per heavy atom. The topological polar surface area (TPSA) is 35.5 Å². The van der Waals surface area contributed by atoms with E-state index in [1.54, 1.807) is 0 Å². The number of rotatable bonds is 6. The van der Waals surface area contributed by atoms with Crippen molar-refractivity contribution in [3.05, 3.63) is 0 Å². The molecule has 0 aromatic heterocycles. The maximum Gasteiger partial charge on any atom is 0.407 e. The molecule has 0 rings (SSSR count). The maximum absolute atomic E-state index is 11.9. The Morgan fingerprint density at radius 2 is 2.09 bits per heavy atom. The van der Waals surface area contributed by atoms with Crippen molar-refractivity contribution in [2.75, 3.05) is 13.2 Å². The molecule has 0 aromatic carbocycles. The summed E-state index contributed by atoms with van der Waals surface area (Å²) in [4.78, 5) is 9.55. The van der Waals surface area contributed by atoms with Crippen LogP contribution in [0.5, 0.6) is 0 Å². The molecule has 0 spiro atoms. The molecule has 66 valence electrons. The SMILES string of the molecule is O=COCCCOC(F)(F)I. The molecule has 0 unspecified atom stereocenters. The number of ether oxygens (including phenoxy) is 2. The summed E-state index contributed by atoms with van der Waals surface area (Å²) in [6, 6.07) is 0. The molecular weight excluding hydrogens is 273 g/mol. The number of hydrogen-bond donors (Lipinski definition) is 0. The second-order valence-corrected chi connectivity index (χ2v) is 2.87. The van der Waals surface area contributed by atoms with Gasteiger partial charge in [-0.2, -0.15) is 8.78 Å². The largest absolute Gasteiger partial charge is 0.468 e. The van der Waals surface area contributed by atoms with Gasteiger partial charge in [-0.25, -0.2) is 0 Å². The van der Waals surface area contributed by atoms with Crippen molar-refractivity contribution in [2.45, 2.75) is 10.5 Å². The van der Waals surface area contributed by atoms with Gasteiger partial charge in [0.1, 0.15) is 0 Å². The van der Waals surface area contributed by atoms with Crippen molar-refractivity contribution >= 4 is 29.1 Å². The van der Waals surface area contributed by atoms with E-state index in [0.717, 1.165) is 22.6 Å². The first-order valence-electron chi connectivity index (χ1n) is 2.82. The standard InChI is InChI=1S/C5H7F2IO3/c6-5(7,8)11-3-1-2-10-4-9/h4H,1-3H2. The molecule has 3 nitrogen and oxygen atoms in total. The first-order valence-corrected chi connectivity index (χ1v) is 3.90. The van der Waals surface area contributed by atoms with Crippen molar-refractivity contribution in [2.24, 2.45) is 0 Å². The summed E-state index contributed by atoms with van der Waals surface area (Å²) < 4.78 is 28.9. The quantitative estimate of drug-likeness (QED) is 0.320. The van der Waals surface area contributed by atoms with Gasteiger partial charge in [-0.05, 0) is 0 Å². The van der Waals surface area contributed by atoms with Gasteiger partial charge in [0, 0.05) is 29.0 Å². The summed E-state index contributed by atoms with van der Waals surface area (Å²) in [5.41, 5.74) is 0. The van der Waals surface area contributed by atoms with E-state index >= 15 is 0 Å². The summed E-state index contributed by atoms with van der Waals surface area (Å²) in [5, 5.41) is 0. The maximum atomic E-state index is 11.9. The van der Waals surface area contributed by atoms with Crippen LogP contribution in [0.3, 0.4) is 0 Å². The van der Waals surface area contributed by atoms with Crippen molar-refractivity contribution in [1.82, 2.24) is 0 Å². The lowest BCUT2D eigenvalue weighted by Gasteiger charge is -2.08. The molecule has 0 aliphatic carbocycles. The van der Waals surface area contributed by atoms with E-state index in [9.17, 15) is 13.6 Å². The van der Waals surface area contributed by atoms with Crippen LogP contribution in [0.2, 0.25) is 0 Å². The van der Waals surface area contributed by atoms with Crippen molar-refractivity contribution in [3.63, 3.8) is 0 Å². The van der Waals surface area contributed by atoms with Gasteiger partial charge in [-0.3, -0.25) is 4.79 Å². The van der Waals surface area contributed by atoms with Gasteiger partial charge in [0.2, 0.25) is 0 Å². The van der Waals surface area contributed by atoms with Crippen LogP contribution in [-0.2, 0) is 14.3 Å². The number of halogens is 3. The molecule has 11 heavy (non-hydrogen) atoms. The van der Waals surface area contributed by atoms with E-state index in [1.807, 2.05) is 0 Å². The number of hydrogen-bond acceptors (Lipinski definition) is 3. The highest BCUT2D eigenvalue weighted by molar-refractivity contribution is 14.1. The Morgan fingerprint density at radius 3 is 2.55 bits per heavy atom. The fourth-order valence-corrected chi connectivity index (χ4v) is 0.598. The molecule has 0 heterocycles. The van der Waals surface area contributed by atoms with Crippen LogP contribution in [0, 0.1) is 0 Å². The predicted molar refractivity (Wildman–Crippen MR) is 41.6 cm³/mol. The lowest BCUT2D eigenvalue weighted by atomic mass is 10.5. The van der Waals surface area contributed by atoms with Crippen LogP contribution >= 0.6 is 22.6 Å². The third-order valence-electron chi connectivity index (χ3n) is 0.740. The normalized spacial score (nSPS) is 11.2. The second-order valence-electron chi connectivity index (χ2n) is 1.61. The van der Waals surface area contributed by atoms with Crippen LogP contribution < -0.4 is 0 Å². The number of alkyl halides is 3. The van der Waals surface area contributed by atoms with Gasteiger partial charge in [-0.15, -0.1) is 0 Å². The van der Waals surface area contributed by atoms with Crippen LogP contribution in [0.1, 0.15) is 6.42 Å². The minimum Gasteiger partial charge on any atom is -0.468 e. The van der Waals surface area contributed by atoms with E-state index in [-0.39, 0.29) is 26.1 Å². The molecule has 0 saturated carbocycles. The zero-order chi connectivity index (χ0) is 8.74. The van der Waals surface area contributed by atoms with Gasteiger partial charge < -0.3 is 9.47 Å². The fourth-order valence-electron chi connectivity index (χ4n) is 0.378. The number of carbonyl (C=O) groups is 1. The molecule has 0 amide bonds. The molecule has 0 aromatic rings. The van der Waals surface area contributed by atoms with Crippen LogP contribution in [0.25, 0.3) is 0 Å². The average molecular weight is 280 g/mol. The molecule has 0 aliphatic rings. The molecular formula is C5H7F2IO3. The Balaban J connectivity index is 3.08. The zero-order valence-corrected chi connectivity index (χ0v) is 7.71. The lowest BCUT2D eigenvalue weighted by molar-refractivity contribution is -0.149. The van der Waals surface area contributed by atoms with Gasteiger partial charge in [-0.1, -0.05) is 0 Å². The van der Waals surface area contributed by atoms with Crippen LogP contribution in [0.15, 0.2) is 0 Å². The predicted octanol–water partition coefficient (Wildman–Crippen LogP) is 1.55. The van der Waals surface area contributed by atoms with Crippen molar-refractivity contribution < 1.29 is 23.0 Å². The van der Waals surface area contributed by atoms with Gasteiger partial charge in [0.15, 0.2) is 0 Å². The summed E-state index contributed by atoms with van der Waals surface area (Å²) in [7, 11) is 0. The second kappa shape index (κ2) is 5.64. The van der Waals surface area contributed by atoms with Gasteiger partial charge in [0.25, 0.3) is 6.47 Å². The third-order valence-corrected chi connectivity index (χ3v) is 1.05. The number of carbonyl (C=O) groups excluding carboxylic acids is 1. The highest BCUT2D eigenvalue weighted by atomic mass is 127. The van der Waals surface area contributed by atoms with E-state index in [0.29, 0.717) is 0 Å². The summed E-state index contributed by atoms with van der Waals surface area (Å²) in [6.07, 6.45) is 0.275.